The molecule has 1 aliphatic carbocycles. The van der Waals surface area contributed by atoms with Crippen molar-refractivity contribution in [2.45, 2.75) is 19.3 Å². The number of benzene rings is 2. The third-order valence-corrected chi connectivity index (χ3v) is 5.99. The van der Waals surface area contributed by atoms with Gasteiger partial charge in [-0.1, -0.05) is 29.3 Å². The second-order valence-corrected chi connectivity index (χ2v) is 7.60. The molecule has 0 aliphatic heterocycles. The number of hydrogen-bond acceptors (Lipinski definition) is 2. The number of rotatable bonds is 2. The Labute approximate surface area is 147 Å². The van der Waals surface area contributed by atoms with Gasteiger partial charge in [0.2, 0.25) is 0 Å². The summed E-state index contributed by atoms with van der Waals surface area (Å²) in [6.07, 6.45) is 3.29. The summed E-state index contributed by atoms with van der Waals surface area (Å²) in [5.41, 5.74) is 4.08. The lowest BCUT2D eigenvalue weighted by atomic mass is 9.99. The van der Waals surface area contributed by atoms with E-state index in [1.54, 1.807) is 18.2 Å². The average Bonchev–Trinajstić information content (AvgIpc) is 3.08. The van der Waals surface area contributed by atoms with E-state index >= 15 is 0 Å². The van der Waals surface area contributed by atoms with Gasteiger partial charge < -0.3 is 5.11 Å². The lowest BCUT2D eigenvalue weighted by Gasteiger charge is -2.07. The first-order valence-corrected chi connectivity index (χ1v) is 8.89. The van der Waals surface area contributed by atoms with Crippen molar-refractivity contribution in [2.75, 3.05) is 0 Å². The number of carbonyl (C=O) groups is 1. The summed E-state index contributed by atoms with van der Waals surface area (Å²) in [6, 6.07) is 9.47. The molecule has 1 heterocycles. The van der Waals surface area contributed by atoms with Crippen molar-refractivity contribution >= 4 is 50.6 Å². The van der Waals surface area contributed by atoms with Crippen LogP contribution in [-0.4, -0.2) is 11.1 Å². The number of aromatic carboxylic acids is 1. The molecule has 1 aliphatic rings. The molecule has 5 heteroatoms. The Bertz CT molecular complexity index is 959. The quantitative estimate of drug-likeness (QED) is 0.601. The van der Waals surface area contributed by atoms with E-state index < -0.39 is 5.97 Å². The van der Waals surface area contributed by atoms with E-state index in [4.69, 9.17) is 23.2 Å². The Balaban J connectivity index is 2.07. The number of aryl methyl sites for hydroxylation is 2. The van der Waals surface area contributed by atoms with E-state index in [2.05, 4.69) is 12.1 Å². The van der Waals surface area contributed by atoms with Crippen LogP contribution >= 0.6 is 34.5 Å². The Morgan fingerprint density at radius 2 is 1.83 bits per heavy atom. The summed E-state index contributed by atoms with van der Waals surface area (Å²) in [4.78, 5) is 12.1. The first-order valence-electron chi connectivity index (χ1n) is 7.31. The molecule has 1 aromatic heterocycles. The molecular formula is C18H12Cl2O2S. The summed E-state index contributed by atoms with van der Waals surface area (Å²) in [5, 5.41) is 11.6. The number of halogens is 2. The van der Waals surface area contributed by atoms with Gasteiger partial charge in [-0.25, -0.2) is 4.79 Å². The van der Waals surface area contributed by atoms with Crippen LogP contribution in [0.4, 0.5) is 0 Å². The zero-order valence-electron chi connectivity index (χ0n) is 12.0. The Hall–Kier alpha value is -1.55. The maximum absolute atomic E-state index is 11.7. The number of thiophene rings is 1. The van der Waals surface area contributed by atoms with Crippen LogP contribution in [0.2, 0.25) is 10.0 Å². The normalized spacial score (nSPS) is 13.5. The highest BCUT2D eigenvalue weighted by atomic mass is 35.5. The van der Waals surface area contributed by atoms with E-state index in [1.807, 2.05) is 0 Å². The highest BCUT2D eigenvalue weighted by Crippen LogP contribution is 2.44. The molecule has 0 atom stereocenters. The molecule has 0 radical (unpaired) electrons. The molecule has 3 aromatic rings. The van der Waals surface area contributed by atoms with Crippen molar-refractivity contribution in [1.82, 2.24) is 0 Å². The Kier molecular flexibility index (Phi) is 3.60. The van der Waals surface area contributed by atoms with Crippen LogP contribution in [0.25, 0.3) is 21.2 Å². The minimum atomic E-state index is -0.924. The second kappa shape index (κ2) is 5.52. The van der Waals surface area contributed by atoms with Crippen molar-refractivity contribution in [3.63, 3.8) is 0 Å². The SMILES string of the molecule is O=C(O)c1sc2cc3c(cc2c1-c1ccc(Cl)cc1Cl)CCC3. The van der Waals surface area contributed by atoms with Gasteiger partial charge in [0.1, 0.15) is 4.88 Å². The highest BCUT2D eigenvalue weighted by molar-refractivity contribution is 7.21. The highest BCUT2D eigenvalue weighted by Gasteiger charge is 2.23. The summed E-state index contributed by atoms with van der Waals surface area (Å²) in [5.74, 6) is -0.924. The maximum atomic E-state index is 11.7. The fourth-order valence-corrected chi connectivity index (χ4v) is 4.88. The molecule has 0 spiro atoms. The van der Waals surface area contributed by atoms with Crippen molar-refractivity contribution in [1.29, 1.82) is 0 Å². The standard InChI is InChI=1S/C18H12Cl2O2S/c19-11-4-5-12(14(20)8-11)16-13-6-9-2-1-3-10(9)7-15(13)23-17(16)18(21)22/h4-8H,1-3H2,(H,21,22). The molecule has 2 aromatic carbocycles. The van der Waals surface area contributed by atoms with Gasteiger partial charge in [0.25, 0.3) is 0 Å². The summed E-state index contributed by atoms with van der Waals surface area (Å²) >= 11 is 13.6. The van der Waals surface area contributed by atoms with Gasteiger partial charge in [0.15, 0.2) is 0 Å². The third-order valence-electron chi connectivity index (χ3n) is 4.30. The van der Waals surface area contributed by atoms with E-state index in [9.17, 15) is 9.90 Å². The fourth-order valence-electron chi connectivity index (χ4n) is 3.27. The number of carboxylic acid groups (broad SMARTS) is 1. The monoisotopic (exact) mass is 362 g/mol. The van der Waals surface area contributed by atoms with Gasteiger partial charge in [-0.15, -0.1) is 11.3 Å². The molecule has 116 valence electrons. The minimum absolute atomic E-state index is 0.327. The van der Waals surface area contributed by atoms with Crippen molar-refractivity contribution < 1.29 is 9.90 Å². The first-order chi connectivity index (χ1) is 11.0. The van der Waals surface area contributed by atoms with Gasteiger partial charge in [-0.2, -0.15) is 0 Å². The first kappa shape index (κ1) is 15.0. The zero-order valence-corrected chi connectivity index (χ0v) is 14.4. The minimum Gasteiger partial charge on any atom is -0.477 e. The molecule has 0 bridgehead atoms. The molecule has 0 amide bonds. The maximum Gasteiger partial charge on any atom is 0.346 e. The smallest absolute Gasteiger partial charge is 0.346 e. The van der Waals surface area contributed by atoms with E-state index in [-0.39, 0.29) is 0 Å². The molecule has 0 unspecified atom stereocenters. The van der Waals surface area contributed by atoms with Crippen molar-refractivity contribution in [3.05, 3.63) is 56.4 Å². The topological polar surface area (TPSA) is 37.3 Å². The predicted molar refractivity (Wildman–Crippen MR) is 96.3 cm³/mol. The van der Waals surface area contributed by atoms with E-state index in [1.165, 1.54) is 22.5 Å². The summed E-state index contributed by atoms with van der Waals surface area (Å²) < 4.78 is 1.00. The molecule has 2 nitrogen and oxygen atoms in total. The van der Waals surface area contributed by atoms with Crippen LogP contribution in [0, 0.1) is 0 Å². The average molecular weight is 363 g/mol. The molecule has 1 N–H and O–H groups in total. The predicted octanol–water partition coefficient (Wildman–Crippen LogP) is 6.06. The third kappa shape index (κ3) is 2.44. The molecular weight excluding hydrogens is 351 g/mol. The Morgan fingerprint density at radius 1 is 1.09 bits per heavy atom. The summed E-state index contributed by atoms with van der Waals surface area (Å²) in [7, 11) is 0. The van der Waals surface area contributed by atoms with Crippen LogP contribution in [0.5, 0.6) is 0 Å². The van der Waals surface area contributed by atoms with Crippen LogP contribution in [-0.2, 0) is 12.8 Å². The second-order valence-electron chi connectivity index (χ2n) is 5.71. The number of fused-ring (bicyclic) bond motifs is 2. The van der Waals surface area contributed by atoms with Crippen LogP contribution in [0.1, 0.15) is 27.2 Å². The van der Waals surface area contributed by atoms with E-state index in [0.717, 1.165) is 34.9 Å². The van der Waals surface area contributed by atoms with Gasteiger partial charge in [0, 0.05) is 31.3 Å². The molecule has 0 saturated heterocycles. The lowest BCUT2D eigenvalue weighted by molar-refractivity contribution is 0.0703. The van der Waals surface area contributed by atoms with E-state index in [0.29, 0.717) is 20.5 Å². The van der Waals surface area contributed by atoms with Gasteiger partial charge in [0.05, 0.1) is 0 Å². The largest absolute Gasteiger partial charge is 0.477 e. The van der Waals surface area contributed by atoms with Gasteiger partial charge in [-0.05, 0) is 54.7 Å². The molecule has 4 rings (SSSR count). The number of hydrogen-bond donors (Lipinski definition) is 1. The van der Waals surface area contributed by atoms with Crippen molar-refractivity contribution in [2.24, 2.45) is 0 Å². The lowest BCUT2D eigenvalue weighted by Crippen LogP contribution is -1.95. The van der Waals surface area contributed by atoms with Crippen molar-refractivity contribution in [3.8, 4) is 11.1 Å². The van der Waals surface area contributed by atoms with Crippen LogP contribution in [0.15, 0.2) is 30.3 Å². The summed E-state index contributed by atoms with van der Waals surface area (Å²) in [6.45, 7) is 0. The molecule has 23 heavy (non-hydrogen) atoms. The Morgan fingerprint density at radius 3 is 2.52 bits per heavy atom. The van der Waals surface area contributed by atoms with Gasteiger partial charge >= 0.3 is 5.97 Å². The zero-order chi connectivity index (χ0) is 16.1. The fraction of sp³-hybridized carbons (Fsp3) is 0.167. The molecule has 0 saturated carbocycles. The molecule has 0 fully saturated rings. The van der Waals surface area contributed by atoms with Crippen LogP contribution < -0.4 is 0 Å². The van der Waals surface area contributed by atoms with Crippen LogP contribution in [0.3, 0.4) is 0 Å². The number of carboxylic acids is 1. The van der Waals surface area contributed by atoms with Gasteiger partial charge in [-0.3, -0.25) is 0 Å².